The van der Waals surface area contributed by atoms with Gasteiger partial charge in [0.05, 0.1) is 6.07 Å². The van der Waals surface area contributed by atoms with Gasteiger partial charge in [-0.05, 0) is 25.2 Å². The van der Waals surface area contributed by atoms with Crippen LogP contribution in [0.25, 0.3) is 0 Å². The molecule has 3 nitrogen and oxygen atoms in total. The van der Waals surface area contributed by atoms with Crippen LogP contribution in [0.15, 0.2) is 0 Å². The summed E-state index contributed by atoms with van der Waals surface area (Å²) in [5, 5.41) is 8.88. The second-order valence-corrected chi connectivity index (χ2v) is 5.83. The second kappa shape index (κ2) is 6.88. The molecular formula is C13H27N3. The van der Waals surface area contributed by atoms with E-state index in [0.717, 1.165) is 26.1 Å². The Labute approximate surface area is 101 Å². The van der Waals surface area contributed by atoms with Crippen molar-refractivity contribution in [2.45, 2.75) is 46.6 Å². The molecule has 2 N–H and O–H groups in total. The van der Waals surface area contributed by atoms with Gasteiger partial charge in [-0.25, -0.2) is 0 Å². The Kier molecular flexibility index (Phi) is 6.62. The van der Waals surface area contributed by atoms with Crippen molar-refractivity contribution in [2.24, 2.45) is 17.6 Å². The third kappa shape index (κ3) is 7.67. The van der Waals surface area contributed by atoms with Gasteiger partial charge in [-0.15, -0.1) is 0 Å². The molecule has 0 amide bonds. The number of nitrogens with two attached hydrogens (primary N) is 1. The molecule has 0 aromatic carbocycles. The Hall–Kier alpha value is -0.590. The number of hydrogen-bond donors (Lipinski definition) is 1. The molecule has 0 aliphatic heterocycles. The van der Waals surface area contributed by atoms with Gasteiger partial charge in [0.15, 0.2) is 0 Å². The summed E-state index contributed by atoms with van der Waals surface area (Å²) in [6.07, 6.45) is 0.739. The van der Waals surface area contributed by atoms with Crippen LogP contribution in [0.4, 0.5) is 0 Å². The predicted octanol–water partition coefficient (Wildman–Crippen LogP) is 2.23. The van der Waals surface area contributed by atoms with Crippen LogP contribution in [0, 0.1) is 23.2 Å². The summed E-state index contributed by atoms with van der Waals surface area (Å²) in [6.45, 7) is 13.8. The Bertz CT molecular complexity index is 216. The van der Waals surface area contributed by atoms with Crippen LogP contribution in [0.3, 0.4) is 0 Å². The van der Waals surface area contributed by atoms with Crippen LogP contribution < -0.4 is 5.73 Å². The summed E-state index contributed by atoms with van der Waals surface area (Å²) >= 11 is 0. The highest BCUT2D eigenvalue weighted by Gasteiger charge is 2.19. The highest BCUT2D eigenvalue weighted by molar-refractivity contribution is 5.01. The standard InChI is InChI=1S/C13H27N3/c1-11(2)8-16(9-12(3)4)7-6-13(5,15)10-14/h11-12H,6-9,15H2,1-5H3. The molecule has 0 aliphatic carbocycles. The lowest BCUT2D eigenvalue weighted by molar-refractivity contribution is 0.207. The first-order chi connectivity index (χ1) is 7.26. The maximum Gasteiger partial charge on any atom is 0.102 e. The Morgan fingerprint density at radius 3 is 1.94 bits per heavy atom. The number of rotatable bonds is 7. The molecule has 1 unspecified atom stereocenters. The predicted molar refractivity (Wildman–Crippen MR) is 68.9 cm³/mol. The fourth-order valence-corrected chi connectivity index (χ4v) is 1.74. The quantitative estimate of drug-likeness (QED) is 0.723. The fraction of sp³-hybridized carbons (Fsp3) is 0.923. The van der Waals surface area contributed by atoms with Gasteiger partial charge < -0.3 is 10.6 Å². The molecule has 0 aromatic rings. The van der Waals surface area contributed by atoms with Crippen LogP contribution in [0.5, 0.6) is 0 Å². The van der Waals surface area contributed by atoms with E-state index < -0.39 is 5.54 Å². The molecule has 0 bridgehead atoms. The van der Waals surface area contributed by atoms with E-state index in [-0.39, 0.29) is 0 Å². The van der Waals surface area contributed by atoms with E-state index >= 15 is 0 Å². The van der Waals surface area contributed by atoms with Crippen molar-refractivity contribution in [3.8, 4) is 6.07 Å². The van der Waals surface area contributed by atoms with Gasteiger partial charge in [-0.3, -0.25) is 0 Å². The van der Waals surface area contributed by atoms with Crippen molar-refractivity contribution in [3.63, 3.8) is 0 Å². The molecule has 0 radical (unpaired) electrons. The Balaban J connectivity index is 4.17. The largest absolute Gasteiger partial charge is 0.314 e. The molecule has 0 saturated heterocycles. The van der Waals surface area contributed by atoms with Crippen molar-refractivity contribution < 1.29 is 0 Å². The van der Waals surface area contributed by atoms with Crippen molar-refractivity contribution in [1.82, 2.24) is 4.90 Å². The monoisotopic (exact) mass is 225 g/mol. The molecule has 94 valence electrons. The van der Waals surface area contributed by atoms with Crippen molar-refractivity contribution in [3.05, 3.63) is 0 Å². The van der Waals surface area contributed by atoms with Crippen LogP contribution >= 0.6 is 0 Å². The smallest absolute Gasteiger partial charge is 0.102 e. The molecule has 3 heteroatoms. The first kappa shape index (κ1) is 15.4. The van der Waals surface area contributed by atoms with Crippen molar-refractivity contribution in [1.29, 1.82) is 5.26 Å². The molecule has 16 heavy (non-hydrogen) atoms. The summed E-state index contributed by atoms with van der Waals surface area (Å²) in [7, 11) is 0. The average molecular weight is 225 g/mol. The summed E-state index contributed by atoms with van der Waals surface area (Å²) in [5.74, 6) is 1.31. The zero-order valence-corrected chi connectivity index (χ0v) is 11.5. The van der Waals surface area contributed by atoms with Gasteiger partial charge in [0.2, 0.25) is 0 Å². The molecule has 1 atom stereocenters. The van der Waals surface area contributed by atoms with Gasteiger partial charge in [0, 0.05) is 19.6 Å². The van der Waals surface area contributed by atoms with Gasteiger partial charge in [0.25, 0.3) is 0 Å². The van der Waals surface area contributed by atoms with E-state index in [1.807, 2.05) is 0 Å². The normalized spacial score (nSPS) is 15.5. The lowest BCUT2D eigenvalue weighted by Crippen LogP contribution is -2.41. The minimum Gasteiger partial charge on any atom is -0.314 e. The number of nitriles is 1. The lowest BCUT2D eigenvalue weighted by atomic mass is 10.0. The molecule has 0 spiro atoms. The maximum absolute atomic E-state index is 8.88. The van der Waals surface area contributed by atoms with E-state index in [0.29, 0.717) is 11.8 Å². The molecule has 0 aliphatic rings. The van der Waals surface area contributed by atoms with Gasteiger partial charge >= 0.3 is 0 Å². The minimum absolute atomic E-state index is 0.657. The Morgan fingerprint density at radius 1 is 1.19 bits per heavy atom. The topological polar surface area (TPSA) is 53.0 Å². The van der Waals surface area contributed by atoms with Crippen molar-refractivity contribution in [2.75, 3.05) is 19.6 Å². The van der Waals surface area contributed by atoms with E-state index in [9.17, 15) is 0 Å². The zero-order valence-electron chi connectivity index (χ0n) is 11.5. The molecular weight excluding hydrogens is 198 g/mol. The van der Waals surface area contributed by atoms with Crippen LogP contribution in [0.1, 0.15) is 41.0 Å². The Morgan fingerprint density at radius 2 is 1.62 bits per heavy atom. The summed E-state index contributed by atoms with van der Waals surface area (Å²) in [4.78, 5) is 2.41. The third-order valence-electron chi connectivity index (χ3n) is 2.45. The zero-order chi connectivity index (χ0) is 12.8. The molecule has 0 heterocycles. The summed E-state index contributed by atoms with van der Waals surface area (Å²) in [5.41, 5.74) is 5.15. The lowest BCUT2D eigenvalue weighted by Gasteiger charge is -2.28. The molecule has 0 fully saturated rings. The summed E-state index contributed by atoms with van der Waals surface area (Å²) < 4.78 is 0. The molecule has 0 saturated carbocycles. The van der Waals surface area contributed by atoms with Gasteiger partial charge in [-0.2, -0.15) is 5.26 Å². The fourth-order valence-electron chi connectivity index (χ4n) is 1.74. The maximum atomic E-state index is 8.88. The van der Waals surface area contributed by atoms with E-state index in [4.69, 9.17) is 11.0 Å². The van der Waals surface area contributed by atoms with Crippen LogP contribution in [0.2, 0.25) is 0 Å². The highest BCUT2D eigenvalue weighted by atomic mass is 15.1. The van der Waals surface area contributed by atoms with Crippen molar-refractivity contribution >= 4 is 0 Å². The number of nitrogens with zero attached hydrogens (tertiary/aromatic N) is 2. The number of hydrogen-bond acceptors (Lipinski definition) is 3. The molecule has 0 rings (SSSR count). The van der Waals surface area contributed by atoms with Crippen LogP contribution in [-0.4, -0.2) is 30.1 Å². The first-order valence-corrected chi connectivity index (χ1v) is 6.19. The van der Waals surface area contributed by atoms with Gasteiger partial charge in [0.1, 0.15) is 5.54 Å². The average Bonchev–Trinajstić information content (AvgIpc) is 2.13. The summed E-state index contributed by atoms with van der Waals surface area (Å²) in [6, 6.07) is 2.15. The van der Waals surface area contributed by atoms with E-state index in [2.05, 4.69) is 38.7 Å². The van der Waals surface area contributed by atoms with Crippen LogP contribution in [-0.2, 0) is 0 Å². The minimum atomic E-state index is -0.688. The van der Waals surface area contributed by atoms with E-state index in [1.54, 1.807) is 6.92 Å². The molecule has 0 aromatic heterocycles. The third-order valence-corrected chi connectivity index (χ3v) is 2.45. The van der Waals surface area contributed by atoms with Gasteiger partial charge in [-0.1, -0.05) is 27.7 Å². The highest BCUT2D eigenvalue weighted by Crippen LogP contribution is 2.09. The first-order valence-electron chi connectivity index (χ1n) is 6.19. The SMILES string of the molecule is CC(C)CN(CCC(C)(N)C#N)CC(C)C. The second-order valence-electron chi connectivity index (χ2n) is 5.83. The van der Waals surface area contributed by atoms with E-state index in [1.165, 1.54) is 0 Å².